The van der Waals surface area contributed by atoms with Gasteiger partial charge in [0.25, 0.3) is 0 Å². The van der Waals surface area contributed by atoms with Gasteiger partial charge >= 0.3 is 0 Å². The number of nitrogens with one attached hydrogen (secondary N) is 3. The van der Waals surface area contributed by atoms with Crippen LogP contribution in [0.15, 0.2) is 11.4 Å². The van der Waals surface area contributed by atoms with Crippen LogP contribution in [-0.2, 0) is 0 Å². The number of aromatic amines is 1. The quantitative estimate of drug-likeness (QED) is 0.435. The monoisotopic (exact) mass is 452 g/mol. The van der Waals surface area contributed by atoms with Crippen molar-refractivity contribution in [2.24, 2.45) is 0 Å². The van der Waals surface area contributed by atoms with Gasteiger partial charge in [0.2, 0.25) is 5.95 Å². The number of hydrogen-bond donors (Lipinski definition) is 3. The first-order valence-electron chi connectivity index (χ1n) is 11.5. The van der Waals surface area contributed by atoms with Gasteiger partial charge in [-0.2, -0.15) is 15.3 Å². The predicted molar refractivity (Wildman–Crippen MR) is 130 cm³/mol. The number of nitriles is 1. The SMILES string of the molecule is CCC1CC(Nc2nc(Nc3cc(C)[nH]n3)c3scc(C)c3n2)CC(CC)N1CCC#N. The number of H-pyrrole nitrogens is 1. The average molecular weight is 453 g/mol. The fourth-order valence-electron chi connectivity index (χ4n) is 4.75. The van der Waals surface area contributed by atoms with Crippen molar-refractivity contribution in [2.45, 2.75) is 77.9 Å². The predicted octanol–water partition coefficient (Wildman–Crippen LogP) is 5.12. The minimum absolute atomic E-state index is 0.306. The molecule has 3 aromatic heterocycles. The molecule has 4 heterocycles. The molecule has 2 unspecified atom stereocenters. The van der Waals surface area contributed by atoms with Crippen molar-refractivity contribution < 1.29 is 0 Å². The van der Waals surface area contributed by atoms with Crippen molar-refractivity contribution >= 4 is 39.1 Å². The molecule has 1 aliphatic rings. The van der Waals surface area contributed by atoms with Crippen LogP contribution < -0.4 is 10.6 Å². The van der Waals surface area contributed by atoms with Crippen molar-refractivity contribution in [3.05, 3.63) is 22.7 Å². The summed E-state index contributed by atoms with van der Waals surface area (Å²) in [6, 6.07) is 5.52. The first-order chi connectivity index (χ1) is 15.5. The van der Waals surface area contributed by atoms with E-state index in [-0.39, 0.29) is 0 Å². The molecular weight excluding hydrogens is 420 g/mol. The zero-order valence-corrected chi connectivity index (χ0v) is 20.1. The van der Waals surface area contributed by atoms with Gasteiger partial charge in [-0.1, -0.05) is 13.8 Å². The summed E-state index contributed by atoms with van der Waals surface area (Å²) in [7, 11) is 0. The van der Waals surface area contributed by atoms with E-state index in [1.54, 1.807) is 11.3 Å². The van der Waals surface area contributed by atoms with E-state index < -0.39 is 0 Å². The number of aromatic nitrogens is 4. The Morgan fingerprint density at radius 2 is 1.97 bits per heavy atom. The number of hydrogen-bond acceptors (Lipinski definition) is 8. The summed E-state index contributed by atoms with van der Waals surface area (Å²) in [5, 5.41) is 25.5. The lowest BCUT2D eigenvalue weighted by atomic mass is 9.88. The summed E-state index contributed by atoms with van der Waals surface area (Å²) in [6.07, 6.45) is 4.81. The minimum Gasteiger partial charge on any atom is -0.351 e. The van der Waals surface area contributed by atoms with Crippen LogP contribution in [-0.4, -0.2) is 49.7 Å². The van der Waals surface area contributed by atoms with E-state index in [9.17, 15) is 0 Å². The second kappa shape index (κ2) is 9.84. The van der Waals surface area contributed by atoms with Crippen LogP contribution in [0, 0.1) is 25.2 Å². The number of rotatable bonds is 8. The molecule has 0 aromatic carbocycles. The first-order valence-corrected chi connectivity index (χ1v) is 12.3. The molecule has 0 radical (unpaired) electrons. The fraction of sp³-hybridized carbons (Fsp3) is 0.565. The molecule has 2 atom stereocenters. The Kier molecular flexibility index (Phi) is 6.92. The normalized spacial score (nSPS) is 21.5. The van der Waals surface area contributed by atoms with Crippen molar-refractivity contribution in [3.8, 4) is 6.07 Å². The molecule has 1 aliphatic heterocycles. The third-order valence-electron chi connectivity index (χ3n) is 6.35. The zero-order chi connectivity index (χ0) is 22.7. The molecule has 0 bridgehead atoms. The Bertz CT molecular complexity index is 1080. The lowest BCUT2D eigenvalue weighted by Crippen LogP contribution is -2.52. The van der Waals surface area contributed by atoms with Crippen LogP contribution in [0.5, 0.6) is 0 Å². The van der Waals surface area contributed by atoms with Crippen molar-refractivity contribution in [3.63, 3.8) is 0 Å². The lowest BCUT2D eigenvalue weighted by molar-refractivity contribution is 0.0734. The summed E-state index contributed by atoms with van der Waals surface area (Å²) in [5.41, 5.74) is 3.13. The third kappa shape index (κ3) is 4.71. The van der Waals surface area contributed by atoms with Crippen LogP contribution in [0.2, 0.25) is 0 Å². The van der Waals surface area contributed by atoms with Crippen LogP contribution in [0.4, 0.5) is 17.6 Å². The Balaban J connectivity index is 1.58. The summed E-state index contributed by atoms with van der Waals surface area (Å²) in [5.74, 6) is 2.20. The van der Waals surface area contributed by atoms with Gasteiger partial charge < -0.3 is 10.6 Å². The maximum absolute atomic E-state index is 9.07. The van der Waals surface area contributed by atoms with E-state index >= 15 is 0 Å². The molecule has 1 fully saturated rings. The molecule has 0 amide bonds. The average Bonchev–Trinajstić information content (AvgIpc) is 3.37. The molecular formula is C23H32N8S. The Morgan fingerprint density at radius 1 is 1.22 bits per heavy atom. The van der Waals surface area contributed by atoms with Gasteiger partial charge in [-0.05, 0) is 50.5 Å². The second-order valence-electron chi connectivity index (χ2n) is 8.64. The summed E-state index contributed by atoms with van der Waals surface area (Å²) >= 11 is 1.65. The molecule has 0 spiro atoms. The van der Waals surface area contributed by atoms with Gasteiger partial charge in [0.05, 0.1) is 16.3 Å². The lowest BCUT2D eigenvalue weighted by Gasteiger charge is -2.45. The van der Waals surface area contributed by atoms with Gasteiger partial charge in [0.1, 0.15) is 0 Å². The van der Waals surface area contributed by atoms with Crippen LogP contribution >= 0.6 is 11.3 Å². The van der Waals surface area contributed by atoms with E-state index in [4.69, 9.17) is 15.2 Å². The highest BCUT2D eigenvalue weighted by Gasteiger charge is 2.34. The van der Waals surface area contributed by atoms with Gasteiger partial charge in [-0.3, -0.25) is 10.00 Å². The summed E-state index contributed by atoms with van der Waals surface area (Å²) in [6.45, 7) is 9.40. The molecule has 0 saturated carbocycles. The Morgan fingerprint density at radius 3 is 2.59 bits per heavy atom. The number of likely N-dealkylation sites (tertiary alicyclic amines) is 1. The molecule has 3 N–H and O–H groups in total. The van der Waals surface area contributed by atoms with Crippen LogP contribution in [0.3, 0.4) is 0 Å². The van der Waals surface area contributed by atoms with Crippen LogP contribution in [0.1, 0.15) is 57.2 Å². The highest BCUT2D eigenvalue weighted by molar-refractivity contribution is 7.18. The molecule has 4 rings (SSSR count). The van der Waals surface area contributed by atoms with E-state index in [1.165, 1.54) is 0 Å². The smallest absolute Gasteiger partial charge is 0.225 e. The van der Waals surface area contributed by atoms with Gasteiger partial charge in [0.15, 0.2) is 11.6 Å². The number of aryl methyl sites for hydroxylation is 2. The molecule has 0 aliphatic carbocycles. The Hall–Kier alpha value is -2.70. The van der Waals surface area contributed by atoms with Crippen molar-refractivity contribution in [2.75, 3.05) is 17.2 Å². The van der Waals surface area contributed by atoms with E-state index in [1.807, 2.05) is 13.0 Å². The molecule has 9 heteroatoms. The molecule has 170 valence electrons. The van der Waals surface area contributed by atoms with E-state index in [0.29, 0.717) is 30.5 Å². The van der Waals surface area contributed by atoms with E-state index in [0.717, 1.165) is 65.3 Å². The number of nitrogens with zero attached hydrogens (tertiary/aromatic N) is 5. The second-order valence-corrected chi connectivity index (χ2v) is 9.52. The minimum atomic E-state index is 0.306. The first kappa shape index (κ1) is 22.5. The fourth-order valence-corrected chi connectivity index (χ4v) is 5.69. The summed E-state index contributed by atoms with van der Waals surface area (Å²) in [4.78, 5) is 12.3. The molecule has 1 saturated heterocycles. The van der Waals surface area contributed by atoms with Gasteiger partial charge in [-0.15, -0.1) is 11.3 Å². The molecule has 3 aromatic rings. The highest BCUT2D eigenvalue weighted by atomic mass is 32.1. The standard InChI is InChI=1S/C23H32N8S/c1-5-17-11-16(12-18(6-2)31(17)9-7-8-24)25-23-27-20-14(3)13-32-21(20)22(28-23)26-19-10-15(4)29-30-19/h10,13,16-18H,5-7,9,11-12H2,1-4H3,(H3,25,26,27,28,29,30). The number of fused-ring (bicyclic) bond motifs is 1. The van der Waals surface area contributed by atoms with Crippen molar-refractivity contribution in [1.29, 1.82) is 5.26 Å². The number of anilines is 3. The van der Waals surface area contributed by atoms with Gasteiger partial charge in [-0.25, -0.2) is 4.98 Å². The third-order valence-corrected chi connectivity index (χ3v) is 7.45. The topological polar surface area (TPSA) is 106 Å². The number of piperidine rings is 1. The van der Waals surface area contributed by atoms with Gasteiger partial charge in [0, 0.05) is 42.9 Å². The number of thiophene rings is 1. The largest absolute Gasteiger partial charge is 0.351 e. The highest BCUT2D eigenvalue weighted by Crippen LogP contribution is 2.34. The molecule has 8 nitrogen and oxygen atoms in total. The maximum atomic E-state index is 9.07. The van der Waals surface area contributed by atoms with Crippen LogP contribution in [0.25, 0.3) is 10.2 Å². The molecule has 32 heavy (non-hydrogen) atoms. The Labute approximate surface area is 193 Å². The van der Waals surface area contributed by atoms with E-state index in [2.05, 4.69) is 58.0 Å². The summed E-state index contributed by atoms with van der Waals surface area (Å²) < 4.78 is 1.04. The van der Waals surface area contributed by atoms with Crippen molar-refractivity contribution in [1.82, 2.24) is 25.1 Å². The zero-order valence-electron chi connectivity index (χ0n) is 19.3. The maximum Gasteiger partial charge on any atom is 0.225 e.